The first-order chi connectivity index (χ1) is 7.53. The summed E-state index contributed by atoms with van der Waals surface area (Å²) in [6.07, 6.45) is 2.63. The summed E-state index contributed by atoms with van der Waals surface area (Å²) in [6.45, 7) is 5.65. The molecule has 0 spiro atoms. The molecule has 1 amide bonds. The molecule has 0 saturated carbocycles. The molecule has 0 fully saturated rings. The van der Waals surface area contributed by atoms with Crippen molar-refractivity contribution >= 4 is 5.91 Å². The van der Waals surface area contributed by atoms with Crippen LogP contribution in [-0.4, -0.2) is 26.6 Å². The van der Waals surface area contributed by atoms with Crippen molar-refractivity contribution in [3.63, 3.8) is 0 Å². The Bertz CT molecular complexity index is 331. The summed E-state index contributed by atoms with van der Waals surface area (Å²) in [7, 11) is 0. The van der Waals surface area contributed by atoms with E-state index in [1.807, 2.05) is 20.8 Å². The van der Waals surface area contributed by atoms with Crippen molar-refractivity contribution in [2.45, 2.75) is 45.2 Å². The normalized spacial score (nSPS) is 13.5. The summed E-state index contributed by atoms with van der Waals surface area (Å²) in [5.74, 6) is 0.476. The van der Waals surface area contributed by atoms with E-state index in [1.165, 1.54) is 6.33 Å². The second-order valence-electron chi connectivity index (χ2n) is 3.93. The fourth-order valence-electron chi connectivity index (χ4n) is 1.40. The van der Waals surface area contributed by atoms with E-state index in [1.54, 1.807) is 0 Å². The van der Waals surface area contributed by atoms with Gasteiger partial charge in [-0.3, -0.25) is 9.89 Å². The maximum atomic E-state index is 11.9. The molecule has 0 aliphatic rings. The molecule has 90 valence electrons. The summed E-state index contributed by atoms with van der Waals surface area (Å²) in [4.78, 5) is 15.9. The van der Waals surface area contributed by atoms with E-state index in [2.05, 4.69) is 20.5 Å². The molecule has 0 aliphatic heterocycles. The highest BCUT2D eigenvalue weighted by atomic mass is 16.2. The molecule has 0 aromatic carbocycles. The maximum absolute atomic E-state index is 11.9. The van der Waals surface area contributed by atoms with Crippen LogP contribution in [0.4, 0.5) is 0 Å². The first kappa shape index (κ1) is 12.6. The fourth-order valence-corrected chi connectivity index (χ4v) is 1.40. The van der Waals surface area contributed by atoms with E-state index in [-0.39, 0.29) is 11.9 Å². The third kappa shape index (κ3) is 2.57. The average molecular weight is 225 g/mol. The Morgan fingerprint density at radius 1 is 1.62 bits per heavy atom. The summed E-state index contributed by atoms with van der Waals surface area (Å²) in [5, 5.41) is 9.27. The molecular weight excluding hydrogens is 206 g/mol. The standard InChI is InChI=1S/C10H19N5O/c1-4-10(11,5-2)9(16)14-7(3)8-12-6-13-15-8/h6-7H,4-5,11H2,1-3H3,(H,14,16)(H,12,13,15). The highest BCUT2D eigenvalue weighted by molar-refractivity contribution is 5.86. The van der Waals surface area contributed by atoms with Crippen LogP contribution in [0, 0.1) is 0 Å². The van der Waals surface area contributed by atoms with Gasteiger partial charge in [0.15, 0.2) is 0 Å². The Kier molecular flexibility index (Phi) is 4.00. The Hall–Kier alpha value is -1.43. The average Bonchev–Trinajstić information content (AvgIpc) is 2.81. The number of H-pyrrole nitrogens is 1. The topological polar surface area (TPSA) is 96.7 Å². The van der Waals surface area contributed by atoms with E-state index < -0.39 is 5.54 Å². The number of carbonyl (C=O) groups is 1. The molecule has 1 atom stereocenters. The zero-order valence-corrected chi connectivity index (χ0v) is 9.95. The van der Waals surface area contributed by atoms with Gasteiger partial charge in [-0.05, 0) is 19.8 Å². The summed E-state index contributed by atoms with van der Waals surface area (Å²) in [6, 6.07) is -0.212. The number of nitrogens with two attached hydrogens (primary N) is 1. The van der Waals surface area contributed by atoms with Crippen LogP contribution in [0.2, 0.25) is 0 Å². The number of nitrogens with zero attached hydrogens (tertiary/aromatic N) is 2. The molecule has 0 radical (unpaired) electrons. The highest BCUT2D eigenvalue weighted by Crippen LogP contribution is 2.14. The minimum absolute atomic E-state index is 0.151. The molecular formula is C10H19N5O. The molecule has 1 aromatic heterocycles. The van der Waals surface area contributed by atoms with Crippen LogP contribution in [0.5, 0.6) is 0 Å². The van der Waals surface area contributed by atoms with Gasteiger partial charge in [0.1, 0.15) is 12.2 Å². The predicted molar refractivity (Wildman–Crippen MR) is 60.4 cm³/mol. The number of hydrogen-bond donors (Lipinski definition) is 3. The molecule has 1 unspecified atom stereocenters. The summed E-state index contributed by atoms with van der Waals surface area (Å²) in [5.41, 5.74) is 5.19. The van der Waals surface area contributed by atoms with Gasteiger partial charge >= 0.3 is 0 Å². The van der Waals surface area contributed by atoms with E-state index >= 15 is 0 Å². The molecule has 0 saturated heterocycles. The van der Waals surface area contributed by atoms with Gasteiger partial charge < -0.3 is 11.1 Å². The number of amides is 1. The van der Waals surface area contributed by atoms with Gasteiger partial charge in [-0.1, -0.05) is 13.8 Å². The Labute approximate surface area is 95.0 Å². The summed E-state index contributed by atoms with van der Waals surface area (Å²) < 4.78 is 0. The van der Waals surface area contributed by atoms with E-state index in [0.717, 1.165) is 0 Å². The third-order valence-corrected chi connectivity index (χ3v) is 2.91. The number of hydrogen-bond acceptors (Lipinski definition) is 4. The van der Waals surface area contributed by atoms with Gasteiger partial charge in [0.2, 0.25) is 5.91 Å². The van der Waals surface area contributed by atoms with Crippen molar-refractivity contribution in [1.29, 1.82) is 0 Å². The maximum Gasteiger partial charge on any atom is 0.240 e. The number of aromatic amines is 1. The van der Waals surface area contributed by atoms with Crippen LogP contribution < -0.4 is 11.1 Å². The van der Waals surface area contributed by atoms with Crippen LogP contribution in [0.15, 0.2) is 6.33 Å². The van der Waals surface area contributed by atoms with Gasteiger partial charge in [0.25, 0.3) is 0 Å². The smallest absolute Gasteiger partial charge is 0.240 e. The molecule has 0 aliphatic carbocycles. The van der Waals surface area contributed by atoms with Crippen LogP contribution >= 0.6 is 0 Å². The minimum atomic E-state index is -0.797. The monoisotopic (exact) mass is 225 g/mol. The highest BCUT2D eigenvalue weighted by Gasteiger charge is 2.31. The van der Waals surface area contributed by atoms with Gasteiger partial charge in [0.05, 0.1) is 11.6 Å². The third-order valence-electron chi connectivity index (χ3n) is 2.91. The molecule has 6 heteroatoms. The number of nitrogens with one attached hydrogen (secondary N) is 2. The molecule has 1 aromatic rings. The van der Waals surface area contributed by atoms with Crippen LogP contribution in [0.1, 0.15) is 45.5 Å². The lowest BCUT2D eigenvalue weighted by atomic mass is 9.93. The summed E-state index contributed by atoms with van der Waals surface area (Å²) >= 11 is 0. The number of carbonyl (C=O) groups excluding carboxylic acids is 1. The van der Waals surface area contributed by atoms with Gasteiger partial charge in [0, 0.05) is 0 Å². The second kappa shape index (κ2) is 5.07. The van der Waals surface area contributed by atoms with Crippen molar-refractivity contribution in [1.82, 2.24) is 20.5 Å². The van der Waals surface area contributed by atoms with Gasteiger partial charge in [-0.25, -0.2) is 4.98 Å². The van der Waals surface area contributed by atoms with Crippen molar-refractivity contribution in [2.75, 3.05) is 0 Å². The van der Waals surface area contributed by atoms with E-state index in [4.69, 9.17) is 5.73 Å². The van der Waals surface area contributed by atoms with E-state index in [0.29, 0.717) is 18.7 Å². The lowest BCUT2D eigenvalue weighted by molar-refractivity contribution is -0.127. The zero-order chi connectivity index (χ0) is 12.2. The van der Waals surface area contributed by atoms with Crippen LogP contribution in [0.25, 0.3) is 0 Å². The number of rotatable bonds is 5. The van der Waals surface area contributed by atoms with Crippen molar-refractivity contribution < 1.29 is 4.79 Å². The van der Waals surface area contributed by atoms with Gasteiger partial charge in [-0.15, -0.1) is 0 Å². The van der Waals surface area contributed by atoms with Crippen molar-refractivity contribution in [3.05, 3.63) is 12.2 Å². The first-order valence-electron chi connectivity index (χ1n) is 5.48. The molecule has 4 N–H and O–H groups in total. The zero-order valence-electron chi connectivity index (χ0n) is 9.95. The molecule has 1 rings (SSSR count). The lowest BCUT2D eigenvalue weighted by Gasteiger charge is -2.26. The fraction of sp³-hybridized carbons (Fsp3) is 0.700. The largest absolute Gasteiger partial charge is 0.345 e. The Balaban J connectivity index is 2.64. The first-order valence-corrected chi connectivity index (χ1v) is 5.48. The minimum Gasteiger partial charge on any atom is -0.345 e. The quantitative estimate of drug-likeness (QED) is 0.679. The van der Waals surface area contributed by atoms with Crippen molar-refractivity contribution in [3.8, 4) is 0 Å². The Morgan fingerprint density at radius 3 is 2.69 bits per heavy atom. The Morgan fingerprint density at radius 2 is 2.25 bits per heavy atom. The SMILES string of the molecule is CCC(N)(CC)C(=O)NC(C)c1ncn[nH]1. The molecule has 16 heavy (non-hydrogen) atoms. The molecule has 0 bridgehead atoms. The molecule has 6 nitrogen and oxygen atoms in total. The lowest BCUT2D eigenvalue weighted by Crippen LogP contribution is -2.53. The van der Waals surface area contributed by atoms with Crippen molar-refractivity contribution in [2.24, 2.45) is 5.73 Å². The number of aromatic nitrogens is 3. The second-order valence-corrected chi connectivity index (χ2v) is 3.93. The van der Waals surface area contributed by atoms with Gasteiger partial charge in [-0.2, -0.15) is 5.10 Å². The predicted octanol–water partition coefficient (Wildman–Crippen LogP) is 0.499. The van der Waals surface area contributed by atoms with E-state index in [9.17, 15) is 4.79 Å². The van der Waals surface area contributed by atoms with Crippen LogP contribution in [-0.2, 0) is 4.79 Å². The van der Waals surface area contributed by atoms with Crippen LogP contribution in [0.3, 0.4) is 0 Å². The molecule has 1 heterocycles.